The molecule has 0 aromatic carbocycles. The third-order valence-corrected chi connectivity index (χ3v) is 3.39. The van der Waals surface area contributed by atoms with Crippen LogP contribution in [0.15, 0.2) is 39.4 Å². The maximum atomic E-state index is 11.7. The third kappa shape index (κ3) is 2.51. The highest BCUT2D eigenvalue weighted by Crippen LogP contribution is 2.30. The number of nitrogens with zero attached hydrogens (tertiary/aromatic N) is 2. The van der Waals surface area contributed by atoms with Crippen molar-refractivity contribution >= 4 is 34.9 Å². The summed E-state index contributed by atoms with van der Waals surface area (Å²) in [4.78, 5) is 12.4. The number of anilines is 1. The topological polar surface area (TPSA) is 81.2 Å². The molecule has 0 atom stereocenters. The fourth-order valence-corrected chi connectivity index (χ4v) is 2.33. The van der Waals surface area contributed by atoms with E-state index in [1.54, 1.807) is 18.2 Å². The molecule has 19 heavy (non-hydrogen) atoms. The summed E-state index contributed by atoms with van der Waals surface area (Å²) in [5.41, 5.74) is 0. The van der Waals surface area contributed by atoms with Gasteiger partial charge in [-0.2, -0.15) is 0 Å². The summed E-state index contributed by atoms with van der Waals surface area (Å²) in [6.07, 6.45) is 1.40. The Bertz CT molecular complexity index is 704. The predicted octanol–water partition coefficient (Wildman–Crippen LogP) is 3.30. The molecule has 0 spiro atoms. The molecule has 0 saturated heterocycles. The molecule has 0 aliphatic heterocycles. The van der Waals surface area contributed by atoms with Gasteiger partial charge >= 0.3 is 6.01 Å². The molecular weight excluding hydrogens is 290 g/mol. The van der Waals surface area contributed by atoms with Gasteiger partial charge in [-0.25, -0.2) is 0 Å². The minimum absolute atomic E-state index is 0.000854. The van der Waals surface area contributed by atoms with Crippen LogP contribution in [0, 0.1) is 0 Å². The number of aromatic nitrogens is 2. The summed E-state index contributed by atoms with van der Waals surface area (Å²) in [5.74, 6) is 0.00924. The second-order valence-electron chi connectivity index (χ2n) is 3.45. The highest BCUT2D eigenvalue weighted by Gasteiger charge is 2.15. The van der Waals surface area contributed by atoms with E-state index in [0.29, 0.717) is 10.2 Å². The Morgan fingerprint density at radius 3 is 2.89 bits per heavy atom. The van der Waals surface area contributed by atoms with Crippen molar-refractivity contribution < 1.29 is 13.6 Å². The fourth-order valence-electron chi connectivity index (χ4n) is 1.37. The molecule has 0 fully saturated rings. The Balaban J connectivity index is 1.77. The van der Waals surface area contributed by atoms with Gasteiger partial charge in [0.1, 0.15) is 0 Å². The Kier molecular flexibility index (Phi) is 3.06. The molecule has 0 unspecified atom stereocenters. The van der Waals surface area contributed by atoms with Gasteiger partial charge in [0.15, 0.2) is 5.76 Å². The van der Waals surface area contributed by atoms with E-state index < -0.39 is 5.91 Å². The highest BCUT2D eigenvalue weighted by atomic mass is 35.5. The number of halogens is 1. The zero-order valence-electron chi connectivity index (χ0n) is 9.29. The van der Waals surface area contributed by atoms with Crippen molar-refractivity contribution in [3.8, 4) is 10.8 Å². The molecule has 8 heteroatoms. The van der Waals surface area contributed by atoms with Gasteiger partial charge in [-0.05, 0) is 24.3 Å². The average Bonchev–Trinajstić information content (AvgIpc) is 3.07. The van der Waals surface area contributed by atoms with E-state index in [1.165, 1.54) is 23.7 Å². The van der Waals surface area contributed by atoms with Gasteiger partial charge in [-0.3, -0.25) is 10.1 Å². The van der Waals surface area contributed by atoms with E-state index >= 15 is 0 Å². The lowest BCUT2D eigenvalue weighted by molar-refractivity contribution is 0.0994. The van der Waals surface area contributed by atoms with Crippen LogP contribution in [0.3, 0.4) is 0 Å². The number of nitrogens with one attached hydrogen (secondary N) is 1. The fraction of sp³-hybridized carbons (Fsp3) is 0. The number of carbonyl (C=O) groups excluding carboxylic acids is 1. The van der Waals surface area contributed by atoms with Crippen molar-refractivity contribution in [3.05, 3.63) is 40.6 Å². The van der Waals surface area contributed by atoms with Crippen LogP contribution >= 0.6 is 22.9 Å². The predicted molar refractivity (Wildman–Crippen MR) is 69.3 cm³/mol. The normalized spacial score (nSPS) is 10.6. The molecule has 0 radical (unpaired) electrons. The summed E-state index contributed by atoms with van der Waals surface area (Å²) in [6, 6.07) is 6.64. The molecule has 3 aromatic heterocycles. The molecule has 6 nitrogen and oxygen atoms in total. The smallest absolute Gasteiger partial charge is 0.322 e. The number of thiophene rings is 1. The van der Waals surface area contributed by atoms with E-state index in [-0.39, 0.29) is 11.8 Å². The first kappa shape index (κ1) is 11.9. The first-order chi connectivity index (χ1) is 9.22. The summed E-state index contributed by atoms with van der Waals surface area (Å²) in [7, 11) is 0. The molecule has 3 aromatic rings. The van der Waals surface area contributed by atoms with Crippen LogP contribution in [0.25, 0.3) is 10.8 Å². The van der Waals surface area contributed by atoms with Crippen LogP contribution in [0.2, 0.25) is 4.34 Å². The van der Waals surface area contributed by atoms with Crippen LogP contribution in [-0.2, 0) is 0 Å². The Labute approximate surface area is 116 Å². The zero-order valence-corrected chi connectivity index (χ0v) is 10.9. The molecule has 0 bridgehead atoms. The first-order valence-corrected chi connectivity index (χ1v) is 6.36. The van der Waals surface area contributed by atoms with Crippen LogP contribution < -0.4 is 5.32 Å². The zero-order chi connectivity index (χ0) is 13.2. The first-order valence-electron chi connectivity index (χ1n) is 5.16. The molecule has 0 aliphatic rings. The van der Waals surface area contributed by atoms with Gasteiger partial charge in [-0.1, -0.05) is 16.7 Å². The average molecular weight is 296 g/mol. The van der Waals surface area contributed by atoms with E-state index in [4.69, 9.17) is 20.4 Å². The standard InChI is InChI=1S/C11H6ClN3O3S/c12-8-4-3-7(19-8)10-14-15-11(18-10)13-9(16)6-2-1-5-17-6/h1-5H,(H,13,15,16). The molecule has 0 aliphatic carbocycles. The summed E-state index contributed by atoms with van der Waals surface area (Å²) in [6.45, 7) is 0. The van der Waals surface area contributed by atoms with Crippen molar-refractivity contribution in [2.45, 2.75) is 0 Å². The van der Waals surface area contributed by atoms with E-state index in [2.05, 4.69) is 15.5 Å². The van der Waals surface area contributed by atoms with Crippen molar-refractivity contribution in [1.29, 1.82) is 0 Å². The van der Waals surface area contributed by atoms with Crippen molar-refractivity contribution in [1.82, 2.24) is 10.2 Å². The summed E-state index contributed by atoms with van der Waals surface area (Å²) in [5, 5.41) is 9.99. The van der Waals surface area contributed by atoms with Crippen molar-refractivity contribution in [2.75, 3.05) is 5.32 Å². The monoisotopic (exact) mass is 295 g/mol. The van der Waals surface area contributed by atoms with Crippen LogP contribution in [0.1, 0.15) is 10.6 Å². The summed E-state index contributed by atoms with van der Waals surface area (Å²) < 4.78 is 10.9. The van der Waals surface area contributed by atoms with Crippen LogP contribution in [0.4, 0.5) is 6.01 Å². The number of rotatable bonds is 3. The molecule has 1 N–H and O–H groups in total. The molecule has 3 heterocycles. The molecule has 0 saturated carbocycles. The lowest BCUT2D eigenvalue weighted by Gasteiger charge is -1.95. The SMILES string of the molecule is O=C(Nc1nnc(-c2ccc(Cl)s2)o1)c1ccco1. The van der Waals surface area contributed by atoms with Crippen molar-refractivity contribution in [3.63, 3.8) is 0 Å². The quantitative estimate of drug-likeness (QED) is 0.802. The lowest BCUT2D eigenvalue weighted by Crippen LogP contribution is -2.10. The number of carbonyl (C=O) groups is 1. The van der Waals surface area contributed by atoms with Gasteiger partial charge in [0.2, 0.25) is 0 Å². The summed E-state index contributed by atoms with van der Waals surface area (Å²) >= 11 is 7.12. The third-order valence-electron chi connectivity index (χ3n) is 2.17. The Morgan fingerprint density at radius 2 is 2.21 bits per heavy atom. The van der Waals surface area contributed by atoms with E-state index in [1.807, 2.05) is 0 Å². The van der Waals surface area contributed by atoms with Gasteiger partial charge in [0.05, 0.1) is 15.5 Å². The minimum atomic E-state index is -0.454. The van der Waals surface area contributed by atoms with Crippen LogP contribution in [-0.4, -0.2) is 16.1 Å². The second kappa shape index (κ2) is 4.87. The van der Waals surface area contributed by atoms with Crippen LogP contribution in [0.5, 0.6) is 0 Å². The number of hydrogen-bond acceptors (Lipinski definition) is 6. The molecular formula is C11H6ClN3O3S. The Morgan fingerprint density at radius 1 is 1.32 bits per heavy atom. The molecule has 96 valence electrons. The second-order valence-corrected chi connectivity index (χ2v) is 5.16. The highest BCUT2D eigenvalue weighted by molar-refractivity contribution is 7.19. The largest absolute Gasteiger partial charge is 0.459 e. The number of furan rings is 1. The molecule has 1 amide bonds. The van der Waals surface area contributed by atoms with Crippen molar-refractivity contribution in [2.24, 2.45) is 0 Å². The molecule has 3 rings (SSSR count). The number of amides is 1. The van der Waals surface area contributed by atoms with Gasteiger partial charge < -0.3 is 8.83 Å². The number of hydrogen-bond donors (Lipinski definition) is 1. The van der Waals surface area contributed by atoms with Gasteiger partial charge in [-0.15, -0.1) is 16.4 Å². The maximum Gasteiger partial charge on any atom is 0.322 e. The van der Waals surface area contributed by atoms with E-state index in [0.717, 1.165) is 4.88 Å². The van der Waals surface area contributed by atoms with E-state index in [9.17, 15) is 4.79 Å². The van der Waals surface area contributed by atoms with Gasteiger partial charge in [0.25, 0.3) is 11.8 Å². The lowest BCUT2D eigenvalue weighted by atomic mass is 10.4. The Hall–Kier alpha value is -2.12. The minimum Gasteiger partial charge on any atom is -0.459 e. The van der Waals surface area contributed by atoms with Gasteiger partial charge in [0, 0.05) is 0 Å². The maximum absolute atomic E-state index is 11.7.